The van der Waals surface area contributed by atoms with Gasteiger partial charge in [-0.3, -0.25) is 9.78 Å². The van der Waals surface area contributed by atoms with Gasteiger partial charge in [0.15, 0.2) is 0 Å². The van der Waals surface area contributed by atoms with Crippen LogP contribution in [0.2, 0.25) is 0 Å². The van der Waals surface area contributed by atoms with Gasteiger partial charge >= 0.3 is 0 Å². The van der Waals surface area contributed by atoms with Gasteiger partial charge in [0.05, 0.1) is 41.2 Å². The molecule has 0 aliphatic carbocycles. The first kappa shape index (κ1) is 17.6. The molecule has 0 bridgehead atoms. The number of methoxy groups -OCH3 is 1. The third-order valence-electron chi connectivity index (χ3n) is 3.89. The van der Waals surface area contributed by atoms with Crippen molar-refractivity contribution in [1.82, 2.24) is 24.6 Å². The Bertz CT molecular complexity index is 1140. The van der Waals surface area contributed by atoms with Gasteiger partial charge in [0.2, 0.25) is 5.56 Å². The Hall–Kier alpha value is -3.22. The largest absolute Gasteiger partial charge is 0.494 e. The van der Waals surface area contributed by atoms with Crippen LogP contribution in [-0.4, -0.2) is 31.7 Å². The molecule has 134 valence electrons. The summed E-state index contributed by atoms with van der Waals surface area (Å²) in [5.74, 6) is 0.551. The number of fused-ring (bicyclic) bond motifs is 2. The smallest absolute Gasteiger partial charge is 0.248 e. The van der Waals surface area contributed by atoms with Crippen molar-refractivity contribution in [2.24, 2.45) is 0 Å². The zero-order chi connectivity index (χ0) is 18.8. The van der Waals surface area contributed by atoms with Gasteiger partial charge in [0.1, 0.15) is 17.1 Å². The average Bonchev–Trinajstić information content (AvgIpc) is 3.06. The summed E-state index contributed by atoms with van der Waals surface area (Å²) in [6, 6.07) is 6.83. The summed E-state index contributed by atoms with van der Waals surface area (Å²) in [6.07, 6.45) is 1.87. The van der Waals surface area contributed by atoms with Crippen molar-refractivity contribution in [2.75, 3.05) is 7.11 Å². The highest BCUT2D eigenvalue weighted by atomic mass is 16.5. The number of ether oxygens (including phenoxy) is 1. The van der Waals surface area contributed by atoms with Crippen molar-refractivity contribution in [3.8, 4) is 17.1 Å². The molecular formula is C19H21N5O2. The molecule has 4 aromatic heterocycles. The Labute approximate surface area is 150 Å². The molecule has 0 saturated carbocycles. The van der Waals surface area contributed by atoms with Crippen LogP contribution in [0.15, 0.2) is 35.3 Å². The Morgan fingerprint density at radius 2 is 1.88 bits per heavy atom. The minimum Gasteiger partial charge on any atom is -0.494 e. The first-order valence-electron chi connectivity index (χ1n) is 8.47. The third kappa shape index (κ3) is 3.03. The Kier molecular flexibility index (Phi) is 4.71. The summed E-state index contributed by atoms with van der Waals surface area (Å²) in [5, 5.41) is 4.60. The van der Waals surface area contributed by atoms with Crippen molar-refractivity contribution >= 4 is 16.6 Å². The minimum atomic E-state index is -0.177. The predicted octanol–water partition coefficient (Wildman–Crippen LogP) is 3.28. The molecule has 4 heterocycles. The SMILES string of the molecule is CC.COc1cc2[nH]c(=O)ccc2nc1-c1cc2c(C)nc(C)cn2n1. The number of hydrogen-bond donors (Lipinski definition) is 1. The molecule has 0 amide bonds. The second-order valence-electron chi connectivity index (χ2n) is 5.62. The van der Waals surface area contributed by atoms with Crippen molar-refractivity contribution in [3.05, 3.63) is 52.2 Å². The van der Waals surface area contributed by atoms with Crippen LogP contribution in [0.5, 0.6) is 5.75 Å². The third-order valence-corrected chi connectivity index (χ3v) is 3.89. The molecule has 4 rings (SSSR count). The predicted molar refractivity (Wildman–Crippen MR) is 102 cm³/mol. The van der Waals surface area contributed by atoms with Crippen LogP contribution in [0.4, 0.5) is 0 Å². The number of hydrogen-bond acceptors (Lipinski definition) is 5. The normalized spacial score (nSPS) is 10.7. The van der Waals surface area contributed by atoms with Crippen LogP contribution in [0.1, 0.15) is 25.2 Å². The lowest BCUT2D eigenvalue weighted by molar-refractivity contribution is 0.415. The number of pyridine rings is 2. The fourth-order valence-electron chi connectivity index (χ4n) is 2.81. The van der Waals surface area contributed by atoms with Gasteiger partial charge in [-0.15, -0.1) is 0 Å². The van der Waals surface area contributed by atoms with Crippen molar-refractivity contribution < 1.29 is 4.74 Å². The van der Waals surface area contributed by atoms with E-state index in [9.17, 15) is 4.79 Å². The molecule has 0 aliphatic heterocycles. The molecule has 7 nitrogen and oxygen atoms in total. The van der Waals surface area contributed by atoms with E-state index in [4.69, 9.17) is 4.74 Å². The molecule has 7 heteroatoms. The number of H-pyrrole nitrogens is 1. The molecule has 0 unspecified atom stereocenters. The lowest BCUT2D eigenvalue weighted by Crippen LogP contribution is -2.04. The molecule has 0 saturated heterocycles. The summed E-state index contributed by atoms with van der Waals surface area (Å²) < 4.78 is 7.25. The maximum Gasteiger partial charge on any atom is 0.248 e. The Balaban J connectivity index is 0.000000948. The van der Waals surface area contributed by atoms with E-state index in [0.717, 1.165) is 16.9 Å². The fourth-order valence-corrected chi connectivity index (χ4v) is 2.81. The molecule has 1 N–H and O–H groups in total. The lowest BCUT2D eigenvalue weighted by atomic mass is 10.2. The highest BCUT2D eigenvalue weighted by Crippen LogP contribution is 2.30. The zero-order valence-corrected chi connectivity index (χ0v) is 15.5. The molecule has 4 aromatic rings. The number of rotatable bonds is 2. The molecule has 0 aromatic carbocycles. The Morgan fingerprint density at radius 1 is 1.12 bits per heavy atom. The van der Waals surface area contributed by atoms with Gasteiger partial charge in [-0.25, -0.2) is 9.50 Å². The van der Waals surface area contributed by atoms with Crippen LogP contribution in [0, 0.1) is 13.8 Å². The molecule has 0 atom stereocenters. The van der Waals surface area contributed by atoms with E-state index in [1.54, 1.807) is 23.8 Å². The standard InChI is InChI=1S/C17H15N5O2.C2H6/c1-9-8-22-14(10(2)18-9)6-13(21-22)17-15(24-3)7-12-11(20-17)4-5-16(23)19-12;1-2/h4-8H,1-3H3,(H,19,23);1-2H3. The first-order chi connectivity index (χ1) is 12.5. The average molecular weight is 351 g/mol. The van der Waals surface area contributed by atoms with Crippen LogP contribution < -0.4 is 10.3 Å². The van der Waals surface area contributed by atoms with E-state index in [1.165, 1.54) is 6.07 Å². The molecule has 0 aliphatic rings. The number of nitrogens with zero attached hydrogens (tertiary/aromatic N) is 4. The number of aromatic amines is 1. The van der Waals surface area contributed by atoms with Crippen LogP contribution >= 0.6 is 0 Å². The molecule has 0 spiro atoms. The van der Waals surface area contributed by atoms with Gasteiger partial charge in [-0.05, 0) is 26.0 Å². The number of aryl methyl sites for hydroxylation is 2. The lowest BCUT2D eigenvalue weighted by Gasteiger charge is -2.07. The van der Waals surface area contributed by atoms with E-state index in [1.807, 2.05) is 40.0 Å². The summed E-state index contributed by atoms with van der Waals surface area (Å²) in [5.41, 5.74) is 5.15. The van der Waals surface area contributed by atoms with Crippen molar-refractivity contribution in [1.29, 1.82) is 0 Å². The zero-order valence-electron chi connectivity index (χ0n) is 15.5. The minimum absolute atomic E-state index is 0.177. The van der Waals surface area contributed by atoms with Crippen LogP contribution in [0.3, 0.4) is 0 Å². The summed E-state index contributed by atoms with van der Waals surface area (Å²) >= 11 is 0. The van der Waals surface area contributed by atoms with E-state index in [2.05, 4.69) is 20.1 Å². The number of aromatic nitrogens is 5. The maximum atomic E-state index is 11.5. The van der Waals surface area contributed by atoms with Gasteiger partial charge in [0.25, 0.3) is 0 Å². The van der Waals surface area contributed by atoms with Gasteiger partial charge in [-0.2, -0.15) is 5.10 Å². The topological polar surface area (TPSA) is 85.2 Å². The van der Waals surface area contributed by atoms with E-state index in [0.29, 0.717) is 28.2 Å². The Morgan fingerprint density at radius 3 is 2.62 bits per heavy atom. The molecule has 26 heavy (non-hydrogen) atoms. The highest BCUT2D eigenvalue weighted by molar-refractivity contribution is 5.81. The maximum absolute atomic E-state index is 11.5. The second kappa shape index (κ2) is 6.95. The second-order valence-corrected chi connectivity index (χ2v) is 5.62. The molecular weight excluding hydrogens is 330 g/mol. The summed E-state index contributed by atoms with van der Waals surface area (Å²) in [7, 11) is 1.57. The van der Waals surface area contributed by atoms with Crippen LogP contribution in [0.25, 0.3) is 27.9 Å². The fraction of sp³-hybridized carbons (Fsp3) is 0.263. The monoisotopic (exact) mass is 351 g/mol. The van der Waals surface area contributed by atoms with Crippen molar-refractivity contribution in [3.63, 3.8) is 0 Å². The van der Waals surface area contributed by atoms with Crippen LogP contribution in [-0.2, 0) is 0 Å². The van der Waals surface area contributed by atoms with Crippen molar-refractivity contribution in [2.45, 2.75) is 27.7 Å². The van der Waals surface area contributed by atoms with E-state index >= 15 is 0 Å². The first-order valence-corrected chi connectivity index (χ1v) is 8.47. The van der Waals surface area contributed by atoms with Gasteiger partial charge in [0, 0.05) is 12.1 Å². The van der Waals surface area contributed by atoms with Gasteiger partial charge in [-0.1, -0.05) is 13.8 Å². The van der Waals surface area contributed by atoms with E-state index < -0.39 is 0 Å². The summed E-state index contributed by atoms with van der Waals surface area (Å²) in [4.78, 5) is 23.3. The molecule has 0 fully saturated rings. The number of nitrogens with one attached hydrogen (secondary N) is 1. The van der Waals surface area contributed by atoms with Gasteiger partial charge < -0.3 is 9.72 Å². The summed E-state index contributed by atoms with van der Waals surface area (Å²) in [6.45, 7) is 7.88. The highest BCUT2D eigenvalue weighted by Gasteiger charge is 2.15. The quantitative estimate of drug-likeness (QED) is 0.599. The molecule has 0 radical (unpaired) electrons. The van der Waals surface area contributed by atoms with E-state index in [-0.39, 0.29) is 5.56 Å².